The molecule has 0 radical (unpaired) electrons. The van der Waals surface area contributed by atoms with Gasteiger partial charge in [0.25, 0.3) is 0 Å². The molecule has 148 valence electrons. The lowest BCUT2D eigenvalue weighted by atomic mass is 10.2. The first-order valence-corrected chi connectivity index (χ1v) is 9.69. The highest BCUT2D eigenvalue weighted by molar-refractivity contribution is 7.97. The van der Waals surface area contributed by atoms with Gasteiger partial charge < -0.3 is 9.47 Å². The van der Waals surface area contributed by atoms with Crippen LogP contribution in [0.4, 0.5) is 9.59 Å². The second kappa shape index (κ2) is 10.8. The highest BCUT2D eigenvalue weighted by atomic mass is 32.2. The molecule has 1 N–H and O–H groups in total. The van der Waals surface area contributed by atoms with E-state index in [0.29, 0.717) is 0 Å². The SMILES string of the molecule is O=C(NN(Sc1ccccc1)C(=O)OCc1ccccc1)OCc1ccccc1. The number of rotatable bonds is 6. The van der Waals surface area contributed by atoms with E-state index in [1.165, 1.54) is 0 Å². The highest BCUT2D eigenvalue weighted by Gasteiger charge is 2.20. The van der Waals surface area contributed by atoms with Crippen LogP contribution in [0.3, 0.4) is 0 Å². The van der Waals surface area contributed by atoms with Gasteiger partial charge in [0.15, 0.2) is 0 Å². The van der Waals surface area contributed by atoms with Crippen molar-refractivity contribution in [3.63, 3.8) is 0 Å². The van der Waals surface area contributed by atoms with E-state index in [1.54, 1.807) is 0 Å². The topological polar surface area (TPSA) is 67.9 Å². The molecule has 0 fully saturated rings. The predicted octanol–water partition coefficient (Wildman–Crippen LogP) is 5.17. The molecular weight excluding hydrogens is 388 g/mol. The molecule has 0 saturated carbocycles. The second-order valence-electron chi connectivity index (χ2n) is 5.91. The van der Waals surface area contributed by atoms with Crippen LogP contribution >= 0.6 is 11.9 Å². The van der Waals surface area contributed by atoms with Gasteiger partial charge in [-0.3, -0.25) is 0 Å². The van der Waals surface area contributed by atoms with Crippen molar-refractivity contribution in [2.75, 3.05) is 0 Å². The molecule has 3 rings (SSSR count). The maximum Gasteiger partial charge on any atom is 0.440 e. The van der Waals surface area contributed by atoms with Crippen molar-refractivity contribution in [2.24, 2.45) is 0 Å². The Morgan fingerprint density at radius 2 is 1.21 bits per heavy atom. The van der Waals surface area contributed by atoms with E-state index in [2.05, 4.69) is 5.43 Å². The van der Waals surface area contributed by atoms with Crippen LogP contribution in [0.1, 0.15) is 11.1 Å². The Balaban J connectivity index is 1.60. The molecule has 0 atom stereocenters. The number of benzene rings is 3. The van der Waals surface area contributed by atoms with Crippen LogP contribution in [0.25, 0.3) is 0 Å². The van der Waals surface area contributed by atoms with Gasteiger partial charge in [0.05, 0.1) is 0 Å². The van der Waals surface area contributed by atoms with E-state index < -0.39 is 12.2 Å². The van der Waals surface area contributed by atoms with E-state index in [9.17, 15) is 9.59 Å². The molecule has 0 saturated heterocycles. The zero-order valence-corrected chi connectivity index (χ0v) is 16.4. The molecule has 3 aromatic rings. The molecule has 0 heterocycles. The van der Waals surface area contributed by atoms with Crippen LogP contribution in [0.5, 0.6) is 0 Å². The monoisotopic (exact) mass is 408 g/mol. The molecule has 0 bridgehead atoms. The van der Waals surface area contributed by atoms with Gasteiger partial charge in [-0.2, -0.15) is 0 Å². The number of carbonyl (C=O) groups excluding carboxylic acids is 2. The molecular formula is C22H20N2O4S. The summed E-state index contributed by atoms with van der Waals surface area (Å²) in [4.78, 5) is 25.5. The van der Waals surface area contributed by atoms with Crippen LogP contribution in [0.15, 0.2) is 95.9 Å². The van der Waals surface area contributed by atoms with E-state index in [0.717, 1.165) is 32.4 Å². The number of carbonyl (C=O) groups is 2. The first kappa shape index (κ1) is 20.3. The second-order valence-corrected chi connectivity index (χ2v) is 6.93. The number of hydrazine groups is 1. The molecule has 0 unspecified atom stereocenters. The Hall–Kier alpha value is -3.45. The maximum atomic E-state index is 12.5. The number of nitrogens with zero attached hydrogens (tertiary/aromatic N) is 1. The summed E-state index contributed by atoms with van der Waals surface area (Å²) >= 11 is 1.03. The minimum absolute atomic E-state index is 0.0895. The van der Waals surface area contributed by atoms with Gasteiger partial charge in [-0.1, -0.05) is 78.9 Å². The summed E-state index contributed by atoms with van der Waals surface area (Å²) < 4.78 is 11.5. The summed E-state index contributed by atoms with van der Waals surface area (Å²) in [7, 11) is 0. The fraction of sp³-hybridized carbons (Fsp3) is 0.0909. The molecule has 7 heteroatoms. The van der Waals surface area contributed by atoms with Crippen LogP contribution in [-0.4, -0.2) is 16.6 Å². The molecule has 0 aliphatic rings. The lowest BCUT2D eigenvalue weighted by Crippen LogP contribution is -2.42. The van der Waals surface area contributed by atoms with Crippen LogP contribution < -0.4 is 5.43 Å². The molecule has 0 aliphatic carbocycles. The molecule has 2 amide bonds. The van der Waals surface area contributed by atoms with Crippen molar-refractivity contribution < 1.29 is 19.1 Å². The van der Waals surface area contributed by atoms with Gasteiger partial charge >= 0.3 is 12.2 Å². The van der Waals surface area contributed by atoms with Gasteiger partial charge in [-0.25, -0.2) is 15.0 Å². The fourth-order valence-corrected chi connectivity index (χ4v) is 3.05. The number of ether oxygens (including phenoxy) is 2. The third-order valence-corrected chi connectivity index (χ3v) is 4.62. The number of amides is 2. The first-order valence-electron chi connectivity index (χ1n) is 8.92. The van der Waals surface area contributed by atoms with Gasteiger partial charge in [0.2, 0.25) is 0 Å². The summed E-state index contributed by atoms with van der Waals surface area (Å²) in [6, 6.07) is 27.8. The minimum atomic E-state index is -0.756. The molecule has 0 aromatic heterocycles. The Labute approximate surface area is 173 Å². The standard InChI is InChI=1S/C22H20N2O4S/c25-21(27-16-18-10-4-1-5-11-18)23-24(29-20-14-8-3-9-15-20)22(26)28-17-19-12-6-2-7-13-19/h1-15H,16-17H2,(H,23,25). The van der Waals surface area contributed by atoms with Crippen molar-refractivity contribution in [3.8, 4) is 0 Å². The predicted molar refractivity (Wildman–Crippen MR) is 111 cm³/mol. The highest BCUT2D eigenvalue weighted by Crippen LogP contribution is 2.21. The summed E-state index contributed by atoms with van der Waals surface area (Å²) in [5.41, 5.74) is 4.12. The van der Waals surface area contributed by atoms with E-state index >= 15 is 0 Å². The normalized spacial score (nSPS) is 10.1. The molecule has 3 aromatic carbocycles. The number of nitrogens with one attached hydrogen (secondary N) is 1. The zero-order chi connectivity index (χ0) is 20.3. The van der Waals surface area contributed by atoms with Crippen molar-refractivity contribution in [1.29, 1.82) is 0 Å². The Morgan fingerprint density at radius 1 is 0.724 bits per heavy atom. The van der Waals surface area contributed by atoms with E-state index in [-0.39, 0.29) is 13.2 Å². The summed E-state index contributed by atoms with van der Waals surface area (Å²) in [6.45, 7) is 0.182. The minimum Gasteiger partial charge on any atom is -0.443 e. The summed E-state index contributed by atoms with van der Waals surface area (Å²) in [5.74, 6) is 0. The third-order valence-electron chi connectivity index (χ3n) is 3.72. The quantitative estimate of drug-likeness (QED) is 0.450. The van der Waals surface area contributed by atoms with Crippen molar-refractivity contribution in [1.82, 2.24) is 9.84 Å². The molecule has 0 spiro atoms. The smallest absolute Gasteiger partial charge is 0.440 e. The zero-order valence-electron chi connectivity index (χ0n) is 15.6. The lowest BCUT2D eigenvalue weighted by Gasteiger charge is -2.21. The number of hydrogen-bond acceptors (Lipinski definition) is 5. The molecule has 29 heavy (non-hydrogen) atoms. The summed E-state index contributed by atoms with van der Waals surface area (Å²) in [6.07, 6.45) is -1.46. The van der Waals surface area contributed by atoms with Gasteiger partial charge in [-0.05, 0) is 23.3 Å². The Kier molecular flexibility index (Phi) is 7.54. The molecule has 0 aliphatic heterocycles. The van der Waals surface area contributed by atoms with Crippen LogP contribution in [-0.2, 0) is 22.7 Å². The van der Waals surface area contributed by atoms with Gasteiger partial charge in [0, 0.05) is 16.8 Å². The van der Waals surface area contributed by atoms with Gasteiger partial charge in [0.1, 0.15) is 13.2 Å². The summed E-state index contributed by atoms with van der Waals surface area (Å²) in [5, 5.41) is 0. The van der Waals surface area contributed by atoms with Gasteiger partial charge in [-0.15, -0.1) is 4.41 Å². The first-order chi connectivity index (χ1) is 14.2. The number of hydrogen-bond donors (Lipinski definition) is 1. The van der Waals surface area contributed by atoms with Crippen molar-refractivity contribution in [2.45, 2.75) is 18.1 Å². The average molecular weight is 408 g/mol. The largest absolute Gasteiger partial charge is 0.443 e. The maximum absolute atomic E-state index is 12.5. The molecule has 6 nitrogen and oxygen atoms in total. The van der Waals surface area contributed by atoms with E-state index in [4.69, 9.17) is 9.47 Å². The lowest BCUT2D eigenvalue weighted by molar-refractivity contribution is 0.0949. The van der Waals surface area contributed by atoms with Crippen molar-refractivity contribution >= 4 is 24.1 Å². The van der Waals surface area contributed by atoms with E-state index in [1.807, 2.05) is 91.0 Å². The van der Waals surface area contributed by atoms with Crippen LogP contribution in [0.2, 0.25) is 0 Å². The average Bonchev–Trinajstić information content (AvgIpc) is 2.78. The van der Waals surface area contributed by atoms with Crippen LogP contribution in [0, 0.1) is 0 Å². The Morgan fingerprint density at radius 3 is 1.76 bits per heavy atom. The third kappa shape index (κ3) is 6.90. The fourth-order valence-electron chi connectivity index (χ4n) is 2.31. The Bertz CT molecular complexity index is 908. The van der Waals surface area contributed by atoms with Crippen molar-refractivity contribution in [3.05, 3.63) is 102 Å².